The molecular formula is C21H34N4O4. The summed E-state index contributed by atoms with van der Waals surface area (Å²) in [5, 5.41) is 5.86. The predicted molar refractivity (Wildman–Crippen MR) is 113 cm³/mol. The van der Waals surface area contributed by atoms with Gasteiger partial charge in [0.05, 0.1) is 33.4 Å². The molecule has 1 aromatic rings. The number of likely N-dealkylation sites (N-methyl/N-ethyl adjacent to an activating group) is 1. The van der Waals surface area contributed by atoms with E-state index < -0.39 is 0 Å². The Labute approximate surface area is 173 Å². The Morgan fingerprint density at radius 3 is 2.34 bits per heavy atom. The van der Waals surface area contributed by atoms with Crippen molar-refractivity contribution in [2.45, 2.75) is 26.3 Å². The van der Waals surface area contributed by atoms with E-state index in [4.69, 9.17) is 9.47 Å². The molecule has 0 saturated carbocycles. The van der Waals surface area contributed by atoms with Crippen LogP contribution in [0.4, 0.5) is 5.69 Å². The van der Waals surface area contributed by atoms with E-state index in [-0.39, 0.29) is 30.4 Å². The van der Waals surface area contributed by atoms with Gasteiger partial charge in [0.1, 0.15) is 5.75 Å². The summed E-state index contributed by atoms with van der Waals surface area (Å²) in [5.41, 5.74) is 0.561. The average molecular weight is 407 g/mol. The highest BCUT2D eigenvalue weighted by atomic mass is 16.5. The summed E-state index contributed by atoms with van der Waals surface area (Å²) in [6.07, 6.45) is 0. The first-order valence-corrected chi connectivity index (χ1v) is 10.1. The zero-order valence-corrected chi connectivity index (χ0v) is 18.0. The molecule has 162 valence electrons. The van der Waals surface area contributed by atoms with E-state index in [9.17, 15) is 9.59 Å². The number of carbonyl (C=O) groups is 2. The van der Waals surface area contributed by atoms with Crippen LogP contribution in [0.5, 0.6) is 5.75 Å². The largest absolute Gasteiger partial charge is 0.497 e. The van der Waals surface area contributed by atoms with Crippen molar-refractivity contribution in [2.75, 3.05) is 64.9 Å². The molecule has 2 N–H and O–H groups in total. The van der Waals surface area contributed by atoms with Gasteiger partial charge < -0.3 is 20.1 Å². The smallest absolute Gasteiger partial charge is 0.238 e. The number of amides is 2. The Bertz CT molecular complexity index is 657. The average Bonchev–Trinajstić information content (AvgIpc) is 2.73. The van der Waals surface area contributed by atoms with Crippen LogP contribution in [0.3, 0.4) is 0 Å². The molecule has 0 spiro atoms. The van der Waals surface area contributed by atoms with E-state index in [2.05, 4.69) is 29.4 Å². The van der Waals surface area contributed by atoms with Gasteiger partial charge in [-0.1, -0.05) is 6.92 Å². The van der Waals surface area contributed by atoms with Crippen LogP contribution in [0.2, 0.25) is 0 Å². The van der Waals surface area contributed by atoms with Gasteiger partial charge in [0, 0.05) is 30.9 Å². The van der Waals surface area contributed by atoms with E-state index in [1.807, 2.05) is 11.8 Å². The number of morpholine rings is 1. The lowest BCUT2D eigenvalue weighted by Gasteiger charge is -2.41. The molecule has 29 heavy (non-hydrogen) atoms. The van der Waals surface area contributed by atoms with E-state index >= 15 is 0 Å². The number of methoxy groups -OCH3 is 1. The highest BCUT2D eigenvalue weighted by molar-refractivity contribution is 5.92. The Hall–Kier alpha value is -2.16. The first-order valence-electron chi connectivity index (χ1n) is 10.1. The molecule has 1 aliphatic heterocycles. The number of nitrogens with one attached hydrogen (secondary N) is 2. The second-order valence-electron chi connectivity index (χ2n) is 7.77. The van der Waals surface area contributed by atoms with Gasteiger partial charge in [-0.25, -0.2) is 0 Å². The highest BCUT2D eigenvalue weighted by Gasteiger charge is 2.28. The molecule has 8 heteroatoms. The molecule has 1 saturated heterocycles. The van der Waals surface area contributed by atoms with Gasteiger partial charge in [0.2, 0.25) is 11.8 Å². The molecule has 0 radical (unpaired) electrons. The third kappa shape index (κ3) is 7.64. The Morgan fingerprint density at radius 2 is 1.76 bits per heavy atom. The summed E-state index contributed by atoms with van der Waals surface area (Å²) in [5.74, 6) is 0.499. The number of anilines is 1. The molecule has 0 unspecified atom stereocenters. The third-order valence-electron chi connectivity index (χ3n) is 5.14. The summed E-state index contributed by atoms with van der Waals surface area (Å²) >= 11 is 0. The van der Waals surface area contributed by atoms with Crippen LogP contribution < -0.4 is 15.4 Å². The molecule has 0 bridgehead atoms. The summed E-state index contributed by atoms with van der Waals surface area (Å²) < 4.78 is 10.5. The molecule has 0 aliphatic carbocycles. The normalized spacial score (nSPS) is 15.2. The maximum Gasteiger partial charge on any atom is 0.238 e. The monoisotopic (exact) mass is 406 g/mol. The van der Waals surface area contributed by atoms with Crippen LogP contribution in [-0.4, -0.2) is 86.7 Å². The van der Waals surface area contributed by atoms with Gasteiger partial charge in [0.25, 0.3) is 0 Å². The fraction of sp³-hybridized carbons (Fsp3) is 0.619. The van der Waals surface area contributed by atoms with Gasteiger partial charge >= 0.3 is 0 Å². The van der Waals surface area contributed by atoms with Crippen LogP contribution in [0.15, 0.2) is 24.3 Å². The van der Waals surface area contributed by atoms with E-state index in [1.165, 1.54) is 0 Å². The number of ether oxygens (including phenoxy) is 2. The fourth-order valence-corrected chi connectivity index (χ4v) is 3.21. The second-order valence-corrected chi connectivity index (χ2v) is 7.77. The highest BCUT2D eigenvalue weighted by Crippen LogP contribution is 2.16. The van der Waals surface area contributed by atoms with Crippen molar-refractivity contribution in [3.05, 3.63) is 24.3 Å². The summed E-state index contributed by atoms with van der Waals surface area (Å²) in [6.45, 7) is 10.9. The summed E-state index contributed by atoms with van der Waals surface area (Å²) in [6, 6.07) is 7.15. The molecule has 0 aromatic heterocycles. The molecule has 0 atom stereocenters. The van der Waals surface area contributed by atoms with Crippen LogP contribution in [-0.2, 0) is 14.3 Å². The lowest BCUT2D eigenvalue weighted by atomic mass is 10.0. The van der Waals surface area contributed by atoms with Crippen molar-refractivity contribution in [1.29, 1.82) is 0 Å². The second kappa shape index (κ2) is 11.1. The molecule has 2 rings (SSSR count). The number of rotatable bonds is 10. The lowest BCUT2D eigenvalue weighted by Crippen LogP contribution is -2.56. The van der Waals surface area contributed by atoms with Crippen LogP contribution in [0.25, 0.3) is 0 Å². The van der Waals surface area contributed by atoms with E-state index in [0.717, 1.165) is 32.1 Å². The SMILES string of the molecule is CCN(CC(=O)NCC(C)(C)N1CCOCC1)CC(=O)Nc1ccc(OC)cc1. The third-order valence-corrected chi connectivity index (χ3v) is 5.14. The minimum atomic E-state index is -0.154. The molecule has 1 fully saturated rings. The standard InChI is InChI=1S/C21H34N4O4/c1-5-24(15-20(27)23-17-6-8-18(28-4)9-7-17)14-19(26)22-16-21(2,3)25-10-12-29-13-11-25/h6-9H,5,10-16H2,1-4H3,(H,22,26)(H,23,27). The Balaban J connectivity index is 1.77. The summed E-state index contributed by atoms with van der Waals surface area (Å²) in [7, 11) is 1.60. The van der Waals surface area contributed by atoms with E-state index in [0.29, 0.717) is 18.8 Å². The maximum absolute atomic E-state index is 12.4. The van der Waals surface area contributed by atoms with Crippen LogP contribution in [0, 0.1) is 0 Å². The first kappa shape index (κ1) is 23.1. The van der Waals surface area contributed by atoms with Crippen LogP contribution in [0.1, 0.15) is 20.8 Å². The molecule has 2 amide bonds. The lowest BCUT2D eigenvalue weighted by molar-refractivity contribution is -0.124. The van der Waals surface area contributed by atoms with Crippen molar-refractivity contribution < 1.29 is 19.1 Å². The number of hydrogen-bond donors (Lipinski definition) is 2. The number of carbonyl (C=O) groups excluding carboxylic acids is 2. The Kier molecular flexibility index (Phi) is 8.88. The number of nitrogens with zero attached hydrogens (tertiary/aromatic N) is 2. The van der Waals surface area contributed by atoms with Gasteiger partial charge in [-0.15, -0.1) is 0 Å². The fourth-order valence-electron chi connectivity index (χ4n) is 3.21. The predicted octanol–water partition coefficient (Wildman–Crippen LogP) is 1.18. The van der Waals surface area contributed by atoms with Crippen molar-refractivity contribution in [2.24, 2.45) is 0 Å². The maximum atomic E-state index is 12.4. The minimum Gasteiger partial charge on any atom is -0.497 e. The van der Waals surface area contributed by atoms with Gasteiger partial charge in [0.15, 0.2) is 0 Å². The first-order chi connectivity index (χ1) is 13.8. The topological polar surface area (TPSA) is 83.1 Å². The quantitative estimate of drug-likeness (QED) is 0.607. The molecule has 1 aromatic carbocycles. The van der Waals surface area contributed by atoms with Crippen molar-refractivity contribution in [1.82, 2.24) is 15.1 Å². The molecule has 8 nitrogen and oxygen atoms in total. The van der Waals surface area contributed by atoms with Gasteiger partial charge in [-0.3, -0.25) is 19.4 Å². The van der Waals surface area contributed by atoms with Crippen molar-refractivity contribution in [3.63, 3.8) is 0 Å². The number of hydrogen-bond acceptors (Lipinski definition) is 6. The Morgan fingerprint density at radius 1 is 1.14 bits per heavy atom. The zero-order chi connectivity index (χ0) is 21.3. The van der Waals surface area contributed by atoms with Crippen molar-refractivity contribution >= 4 is 17.5 Å². The molecule has 1 aliphatic rings. The zero-order valence-electron chi connectivity index (χ0n) is 18.0. The van der Waals surface area contributed by atoms with E-state index in [1.54, 1.807) is 31.4 Å². The minimum absolute atomic E-state index is 0.0783. The van der Waals surface area contributed by atoms with Crippen LogP contribution >= 0.6 is 0 Å². The molecular weight excluding hydrogens is 372 g/mol. The summed E-state index contributed by atoms with van der Waals surface area (Å²) in [4.78, 5) is 28.9. The van der Waals surface area contributed by atoms with Gasteiger partial charge in [-0.2, -0.15) is 0 Å². The van der Waals surface area contributed by atoms with Gasteiger partial charge in [-0.05, 0) is 44.7 Å². The van der Waals surface area contributed by atoms with Crippen molar-refractivity contribution in [3.8, 4) is 5.75 Å². The number of benzene rings is 1. The molecule has 1 heterocycles.